The topological polar surface area (TPSA) is 117 Å². The summed E-state index contributed by atoms with van der Waals surface area (Å²) in [4.78, 5) is 39.8. The fraction of sp³-hybridized carbons (Fsp3) is 0.190. The summed E-state index contributed by atoms with van der Waals surface area (Å²) in [5, 5.41) is 12.3. The van der Waals surface area contributed by atoms with Crippen molar-refractivity contribution in [2.24, 2.45) is 0 Å². The van der Waals surface area contributed by atoms with E-state index in [4.69, 9.17) is 0 Å². The van der Waals surface area contributed by atoms with Gasteiger partial charge >= 0.3 is 6.03 Å². The molecule has 0 saturated carbocycles. The van der Waals surface area contributed by atoms with Gasteiger partial charge in [0.1, 0.15) is 5.78 Å². The van der Waals surface area contributed by atoms with Gasteiger partial charge in [-0.2, -0.15) is 4.98 Å². The Morgan fingerprint density at radius 2 is 1.80 bits per heavy atom. The van der Waals surface area contributed by atoms with Gasteiger partial charge in [-0.05, 0) is 24.1 Å². The van der Waals surface area contributed by atoms with Gasteiger partial charge in [-0.3, -0.25) is 14.9 Å². The van der Waals surface area contributed by atoms with E-state index in [1.807, 2.05) is 36.4 Å². The summed E-state index contributed by atoms with van der Waals surface area (Å²) in [5.41, 5.74) is 2.36. The molecular formula is C21H21N5O3S. The van der Waals surface area contributed by atoms with Gasteiger partial charge in [-0.25, -0.2) is 9.89 Å². The number of amides is 2. The number of urea groups is 1. The van der Waals surface area contributed by atoms with E-state index in [2.05, 4.69) is 25.8 Å². The second-order valence-corrected chi connectivity index (χ2v) is 7.46. The Kier molecular flexibility index (Phi) is 7.34. The smallest absolute Gasteiger partial charge is 0.321 e. The van der Waals surface area contributed by atoms with Crippen molar-refractivity contribution in [2.75, 3.05) is 11.1 Å². The molecule has 0 radical (unpaired) electrons. The fourth-order valence-corrected chi connectivity index (χ4v) is 3.28. The molecule has 0 spiro atoms. The first-order chi connectivity index (χ1) is 14.5. The zero-order valence-corrected chi connectivity index (χ0v) is 17.2. The molecule has 9 heteroatoms. The largest absolute Gasteiger partial charge is 0.334 e. The van der Waals surface area contributed by atoms with Crippen LogP contribution in [0.4, 0.5) is 10.7 Å². The lowest BCUT2D eigenvalue weighted by molar-refractivity contribution is -0.116. The number of carbonyl (C=O) groups is 3. The summed E-state index contributed by atoms with van der Waals surface area (Å²) >= 11 is 1.17. The van der Waals surface area contributed by atoms with Crippen molar-refractivity contribution in [3.8, 4) is 0 Å². The molecule has 3 N–H and O–H groups in total. The number of nitrogens with zero attached hydrogens (tertiary/aromatic N) is 2. The normalized spacial score (nSPS) is 10.4. The van der Waals surface area contributed by atoms with Gasteiger partial charge < -0.3 is 5.32 Å². The molecule has 0 unspecified atom stereocenters. The summed E-state index contributed by atoms with van der Waals surface area (Å²) in [6.45, 7) is 1.88. The van der Waals surface area contributed by atoms with E-state index in [1.165, 1.54) is 18.7 Å². The Hall–Kier alpha value is -3.46. The lowest BCUT2D eigenvalue weighted by Gasteiger charge is -2.04. The lowest BCUT2D eigenvalue weighted by atomic mass is 10.0. The molecule has 2 amide bonds. The van der Waals surface area contributed by atoms with Crippen LogP contribution in [0.25, 0.3) is 0 Å². The van der Waals surface area contributed by atoms with Crippen LogP contribution < -0.4 is 10.6 Å². The first kappa shape index (κ1) is 21.3. The molecule has 1 heterocycles. The van der Waals surface area contributed by atoms with Crippen molar-refractivity contribution < 1.29 is 14.4 Å². The summed E-state index contributed by atoms with van der Waals surface area (Å²) in [5.74, 6) is 0.333. The first-order valence-electron chi connectivity index (χ1n) is 9.25. The Labute approximate surface area is 177 Å². The van der Waals surface area contributed by atoms with E-state index in [1.54, 1.807) is 18.2 Å². The third-order valence-corrected chi connectivity index (χ3v) is 5.00. The average molecular weight is 423 g/mol. The van der Waals surface area contributed by atoms with Crippen molar-refractivity contribution in [2.45, 2.75) is 25.0 Å². The highest BCUT2D eigenvalue weighted by molar-refractivity contribution is 7.99. The molecular weight excluding hydrogens is 402 g/mol. The number of Topliss-reactive ketones (excluding diaryl/α,β-unsaturated/α-hetero) is 2. The maximum absolute atomic E-state index is 12.2. The van der Waals surface area contributed by atoms with Gasteiger partial charge in [0, 0.05) is 18.5 Å². The molecule has 0 bridgehead atoms. The van der Waals surface area contributed by atoms with Gasteiger partial charge in [0.25, 0.3) is 0 Å². The van der Waals surface area contributed by atoms with Crippen molar-refractivity contribution in [3.63, 3.8) is 0 Å². The number of aromatic amines is 1. The Morgan fingerprint density at radius 3 is 2.57 bits per heavy atom. The predicted molar refractivity (Wildman–Crippen MR) is 115 cm³/mol. The monoisotopic (exact) mass is 423 g/mol. The van der Waals surface area contributed by atoms with Crippen LogP contribution in [0.1, 0.15) is 28.4 Å². The number of aromatic nitrogens is 3. The van der Waals surface area contributed by atoms with Crippen LogP contribution in [-0.4, -0.2) is 38.5 Å². The molecule has 30 heavy (non-hydrogen) atoms. The minimum absolute atomic E-state index is 0.0133. The van der Waals surface area contributed by atoms with Crippen LogP contribution in [0, 0.1) is 0 Å². The number of benzene rings is 2. The summed E-state index contributed by atoms with van der Waals surface area (Å²) in [6, 6.07) is 16.2. The minimum atomic E-state index is -0.409. The maximum Gasteiger partial charge on any atom is 0.321 e. The molecule has 154 valence electrons. The second kappa shape index (κ2) is 10.4. The van der Waals surface area contributed by atoms with E-state index in [-0.39, 0.29) is 29.7 Å². The molecule has 0 atom stereocenters. The van der Waals surface area contributed by atoms with Crippen LogP contribution >= 0.6 is 11.8 Å². The van der Waals surface area contributed by atoms with Gasteiger partial charge in [-0.15, -0.1) is 5.10 Å². The number of rotatable bonds is 9. The summed E-state index contributed by atoms with van der Waals surface area (Å²) in [6.07, 6.45) is 0.228. The average Bonchev–Trinajstić information content (AvgIpc) is 3.19. The third-order valence-electron chi connectivity index (χ3n) is 4.09. The van der Waals surface area contributed by atoms with Crippen LogP contribution in [0.15, 0.2) is 59.8 Å². The number of ketones is 2. The molecule has 0 aliphatic carbocycles. The number of hydrogen-bond donors (Lipinski definition) is 3. The highest BCUT2D eigenvalue weighted by atomic mass is 32.2. The van der Waals surface area contributed by atoms with Crippen LogP contribution in [0.2, 0.25) is 0 Å². The molecule has 8 nitrogen and oxygen atoms in total. The van der Waals surface area contributed by atoms with E-state index in [0.717, 1.165) is 11.1 Å². The quantitative estimate of drug-likeness (QED) is 0.359. The zero-order valence-electron chi connectivity index (χ0n) is 16.3. The molecule has 3 rings (SSSR count). The summed E-state index contributed by atoms with van der Waals surface area (Å²) < 4.78 is 0. The molecule has 3 aromatic rings. The predicted octanol–water partition coefficient (Wildman–Crippen LogP) is 3.23. The SMILES string of the molecule is CC(=O)c1cccc(CC(=O)CSc2n[nH]c(NC(=O)NCc3ccccc3)n2)c1. The highest BCUT2D eigenvalue weighted by Gasteiger charge is 2.11. The Bertz CT molecular complexity index is 1040. The van der Waals surface area contributed by atoms with Gasteiger partial charge in [0.2, 0.25) is 11.1 Å². The van der Waals surface area contributed by atoms with Crippen molar-refractivity contribution in [3.05, 3.63) is 71.3 Å². The van der Waals surface area contributed by atoms with E-state index in [0.29, 0.717) is 17.3 Å². The number of H-pyrrole nitrogens is 1. The molecule has 1 aromatic heterocycles. The van der Waals surface area contributed by atoms with Gasteiger partial charge in [0.05, 0.1) is 5.75 Å². The third kappa shape index (κ3) is 6.56. The van der Waals surface area contributed by atoms with E-state index in [9.17, 15) is 14.4 Å². The molecule has 0 aliphatic rings. The molecule has 0 aliphatic heterocycles. The fourth-order valence-electron chi connectivity index (χ4n) is 2.62. The number of thioether (sulfide) groups is 1. The summed E-state index contributed by atoms with van der Waals surface area (Å²) in [7, 11) is 0. The zero-order chi connectivity index (χ0) is 21.3. The number of anilines is 1. The van der Waals surface area contributed by atoms with Crippen LogP contribution in [0.5, 0.6) is 0 Å². The molecule has 2 aromatic carbocycles. The van der Waals surface area contributed by atoms with E-state index >= 15 is 0 Å². The van der Waals surface area contributed by atoms with Gasteiger partial charge in [0.15, 0.2) is 5.78 Å². The van der Waals surface area contributed by atoms with Crippen molar-refractivity contribution in [1.29, 1.82) is 0 Å². The van der Waals surface area contributed by atoms with Crippen LogP contribution in [-0.2, 0) is 17.8 Å². The standard InChI is InChI=1S/C21H21N5O3S/c1-14(27)17-9-5-8-16(10-17)11-18(28)13-30-21-24-19(25-26-21)23-20(29)22-12-15-6-3-2-4-7-15/h2-10H,11-13H2,1H3,(H3,22,23,24,25,26,29). The first-order valence-corrected chi connectivity index (χ1v) is 10.2. The number of nitrogens with one attached hydrogen (secondary N) is 3. The minimum Gasteiger partial charge on any atom is -0.334 e. The van der Waals surface area contributed by atoms with Crippen LogP contribution in [0.3, 0.4) is 0 Å². The molecule has 0 fully saturated rings. The maximum atomic E-state index is 12.2. The lowest BCUT2D eigenvalue weighted by Crippen LogP contribution is -2.28. The van der Waals surface area contributed by atoms with E-state index < -0.39 is 6.03 Å². The number of carbonyl (C=O) groups excluding carboxylic acids is 3. The second-order valence-electron chi connectivity index (χ2n) is 6.52. The molecule has 0 saturated heterocycles. The Balaban J connectivity index is 1.43. The van der Waals surface area contributed by atoms with Gasteiger partial charge in [-0.1, -0.05) is 60.3 Å². The van der Waals surface area contributed by atoms with Crippen molar-refractivity contribution in [1.82, 2.24) is 20.5 Å². The number of hydrogen-bond acceptors (Lipinski definition) is 6. The van der Waals surface area contributed by atoms with Crippen molar-refractivity contribution >= 4 is 35.3 Å². The highest BCUT2D eigenvalue weighted by Crippen LogP contribution is 2.15. The Morgan fingerprint density at radius 1 is 1.03 bits per heavy atom.